The van der Waals surface area contributed by atoms with Crippen LogP contribution in [-0.4, -0.2) is 21.9 Å². The lowest BCUT2D eigenvalue weighted by atomic mass is 9.96. The Morgan fingerprint density at radius 3 is 2.91 bits per heavy atom. The molecule has 2 aromatic rings. The van der Waals surface area contributed by atoms with Crippen molar-refractivity contribution in [1.82, 2.24) is 15.3 Å². The number of imidazole rings is 1. The number of aryl methyl sites for hydroxylation is 2. The SMILES string of the molecule is Cl.O=C(CCCc1ccc(Cl)cc1)NC1CCc2[nH]cnc2C1. The van der Waals surface area contributed by atoms with Crippen LogP contribution in [0.3, 0.4) is 0 Å². The summed E-state index contributed by atoms with van der Waals surface area (Å²) >= 11 is 5.86. The molecule has 1 heterocycles. The number of benzene rings is 1. The Kier molecular flexibility index (Phi) is 6.48. The van der Waals surface area contributed by atoms with Crippen LogP contribution < -0.4 is 5.32 Å². The molecule has 1 aromatic heterocycles. The summed E-state index contributed by atoms with van der Waals surface area (Å²) < 4.78 is 0. The number of amides is 1. The van der Waals surface area contributed by atoms with Gasteiger partial charge in [-0.05, 0) is 43.4 Å². The van der Waals surface area contributed by atoms with Gasteiger partial charge in [0.1, 0.15) is 0 Å². The number of hydrogen-bond acceptors (Lipinski definition) is 2. The standard InChI is InChI=1S/C17H20ClN3O.ClH/c18-13-6-4-12(5-7-13)2-1-3-17(22)21-14-8-9-15-16(10-14)20-11-19-15;/h4-7,11,14H,1-3,8-10H2,(H,19,20)(H,21,22);1H. The van der Waals surface area contributed by atoms with Crippen molar-refractivity contribution in [3.63, 3.8) is 0 Å². The Morgan fingerprint density at radius 1 is 1.35 bits per heavy atom. The number of aromatic nitrogens is 2. The fourth-order valence-electron chi connectivity index (χ4n) is 2.92. The van der Waals surface area contributed by atoms with Gasteiger partial charge in [-0.15, -0.1) is 12.4 Å². The molecular weight excluding hydrogens is 333 g/mol. The van der Waals surface area contributed by atoms with Crippen molar-refractivity contribution < 1.29 is 4.79 Å². The number of fused-ring (bicyclic) bond motifs is 1. The van der Waals surface area contributed by atoms with Crippen molar-refractivity contribution >= 4 is 29.9 Å². The maximum atomic E-state index is 12.0. The Hall–Kier alpha value is -1.52. The normalized spacial score (nSPS) is 16.3. The van der Waals surface area contributed by atoms with Crippen LogP contribution in [0.1, 0.15) is 36.2 Å². The number of hydrogen-bond donors (Lipinski definition) is 2. The fraction of sp³-hybridized carbons (Fsp3) is 0.412. The number of aromatic amines is 1. The molecule has 0 spiro atoms. The zero-order valence-electron chi connectivity index (χ0n) is 12.8. The van der Waals surface area contributed by atoms with Crippen molar-refractivity contribution in [3.05, 3.63) is 52.6 Å². The van der Waals surface area contributed by atoms with Crippen LogP contribution in [0, 0.1) is 0 Å². The minimum atomic E-state index is 0. The highest BCUT2D eigenvalue weighted by Crippen LogP contribution is 2.18. The van der Waals surface area contributed by atoms with Crippen molar-refractivity contribution in [1.29, 1.82) is 0 Å². The van der Waals surface area contributed by atoms with Crippen molar-refractivity contribution in [2.75, 3.05) is 0 Å². The van der Waals surface area contributed by atoms with Crippen LogP contribution >= 0.6 is 24.0 Å². The lowest BCUT2D eigenvalue weighted by Gasteiger charge is -2.22. The smallest absolute Gasteiger partial charge is 0.220 e. The van der Waals surface area contributed by atoms with Gasteiger partial charge in [-0.2, -0.15) is 0 Å². The number of nitrogens with one attached hydrogen (secondary N) is 2. The Labute approximate surface area is 147 Å². The predicted molar refractivity (Wildman–Crippen MR) is 94.2 cm³/mol. The van der Waals surface area contributed by atoms with Gasteiger partial charge in [0, 0.05) is 29.6 Å². The molecule has 2 N–H and O–H groups in total. The summed E-state index contributed by atoms with van der Waals surface area (Å²) in [6.07, 6.45) is 6.84. The van der Waals surface area contributed by atoms with E-state index in [-0.39, 0.29) is 24.4 Å². The summed E-state index contributed by atoms with van der Waals surface area (Å²) in [5.41, 5.74) is 3.53. The molecule has 0 radical (unpaired) electrons. The third kappa shape index (κ3) is 4.98. The third-order valence-corrected chi connectivity index (χ3v) is 4.39. The fourth-order valence-corrected chi connectivity index (χ4v) is 3.05. The van der Waals surface area contributed by atoms with E-state index in [4.69, 9.17) is 11.6 Å². The molecule has 1 aromatic carbocycles. The van der Waals surface area contributed by atoms with Crippen LogP contribution in [0.4, 0.5) is 0 Å². The van der Waals surface area contributed by atoms with E-state index < -0.39 is 0 Å². The molecule has 1 aliphatic carbocycles. The van der Waals surface area contributed by atoms with Gasteiger partial charge in [0.15, 0.2) is 0 Å². The van der Waals surface area contributed by atoms with Gasteiger partial charge >= 0.3 is 0 Å². The van der Waals surface area contributed by atoms with Gasteiger partial charge < -0.3 is 10.3 Å². The summed E-state index contributed by atoms with van der Waals surface area (Å²) in [6, 6.07) is 8.03. The van der Waals surface area contributed by atoms with Crippen LogP contribution in [0.15, 0.2) is 30.6 Å². The topological polar surface area (TPSA) is 57.8 Å². The van der Waals surface area contributed by atoms with E-state index in [0.29, 0.717) is 6.42 Å². The summed E-state index contributed by atoms with van der Waals surface area (Å²) in [4.78, 5) is 19.5. The van der Waals surface area contributed by atoms with Crippen molar-refractivity contribution in [3.8, 4) is 0 Å². The number of nitrogens with zero attached hydrogens (tertiary/aromatic N) is 1. The number of carbonyl (C=O) groups excluding carboxylic acids is 1. The third-order valence-electron chi connectivity index (χ3n) is 4.14. The van der Waals surface area contributed by atoms with E-state index in [1.54, 1.807) is 6.33 Å². The van der Waals surface area contributed by atoms with Gasteiger partial charge in [0.05, 0.1) is 12.0 Å². The van der Waals surface area contributed by atoms with Gasteiger partial charge in [-0.3, -0.25) is 4.79 Å². The second-order valence-corrected chi connectivity index (χ2v) is 6.25. The van der Waals surface area contributed by atoms with Gasteiger partial charge in [-0.25, -0.2) is 4.98 Å². The molecule has 0 bridgehead atoms. The molecule has 6 heteroatoms. The Morgan fingerprint density at radius 2 is 2.13 bits per heavy atom. The summed E-state index contributed by atoms with van der Waals surface area (Å²) in [5.74, 6) is 0.137. The molecule has 1 atom stereocenters. The minimum absolute atomic E-state index is 0. The van der Waals surface area contributed by atoms with E-state index in [2.05, 4.69) is 15.3 Å². The summed E-state index contributed by atoms with van der Waals surface area (Å²) in [5, 5.41) is 3.88. The van der Waals surface area contributed by atoms with E-state index in [1.165, 1.54) is 11.3 Å². The van der Waals surface area contributed by atoms with Crippen LogP contribution in [0.25, 0.3) is 0 Å². The molecule has 1 unspecified atom stereocenters. The number of halogens is 2. The van der Waals surface area contributed by atoms with Crippen LogP contribution in [-0.2, 0) is 24.1 Å². The molecule has 0 saturated heterocycles. The maximum Gasteiger partial charge on any atom is 0.220 e. The molecule has 0 aliphatic heterocycles. The molecule has 1 aliphatic rings. The average molecular weight is 354 g/mol. The number of rotatable bonds is 5. The predicted octanol–water partition coefficient (Wildman–Crippen LogP) is 3.48. The van der Waals surface area contributed by atoms with Crippen LogP contribution in [0.5, 0.6) is 0 Å². The molecule has 0 saturated carbocycles. The Balaban J connectivity index is 0.00000192. The largest absolute Gasteiger partial charge is 0.353 e. The average Bonchev–Trinajstić information content (AvgIpc) is 2.97. The molecule has 0 fully saturated rings. The maximum absolute atomic E-state index is 12.0. The lowest BCUT2D eigenvalue weighted by molar-refractivity contribution is -0.121. The lowest BCUT2D eigenvalue weighted by Crippen LogP contribution is -2.38. The summed E-state index contributed by atoms with van der Waals surface area (Å²) in [7, 11) is 0. The highest BCUT2D eigenvalue weighted by Gasteiger charge is 2.21. The first kappa shape index (κ1) is 17.8. The summed E-state index contributed by atoms with van der Waals surface area (Å²) in [6.45, 7) is 0. The van der Waals surface area contributed by atoms with Crippen molar-refractivity contribution in [2.45, 2.75) is 44.6 Å². The molecule has 23 heavy (non-hydrogen) atoms. The number of H-pyrrole nitrogens is 1. The van der Waals surface area contributed by atoms with Crippen molar-refractivity contribution in [2.24, 2.45) is 0 Å². The quantitative estimate of drug-likeness (QED) is 0.864. The Bertz CT molecular complexity index is 640. The highest BCUT2D eigenvalue weighted by atomic mass is 35.5. The molecule has 124 valence electrons. The van der Waals surface area contributed by atoms with Gasteiger partial charge in [0.25, 0.3) is 0 Å². The van der Waals surface area contributed by atoms with Crippen LogP contribution in [0.2, 0.25) is 5.02 Å². The monoisotopic (exact) mass is 353 g/mol. The van der Waals surface area contributed by atoms with E-state index in [1.807, 2.05) is 24.3 Å². The van der Waals surface area contributed by atoms with E-state index in [9.17, 15) is 4.79 Å². The highest BCUT2D eigenvalue weighted by molar-refractivity contribution is 6.30. The second kappa shape index (κ2) is 8.37. The molecular formula is C17H21Cl2N3O. The first-order valence-electron chi connectivity index (χ1n) is 7.75. The second-order valence-electron chi connectivity index (χ2n) is 5.82. The minimum Gasteiger partial charge on any atom is -0.353 e. The number of carbonyl (C=O) groups is 1. The zero-order valence-corrected chi connectivity index (χ0v) is 14.4. The molecule has 1 amide bonds. The molecule has 4 nitrogen and oxygen atoms in total. The van der Waals surface area contributed by atoms with Gasteiger partial charge in [0.2, 0.25) is 5.91 Å². The zero-order chi connectivity index (χ0) is 15.4. The van der Waals surface area contributed by atoms with E-state index >= 15 is 0 Å². The first-order chi connectivity index (χ1) is 10.7. The van der Waals surface area contributed by atoms with Gasteiger partial charge in [-0.1, -0.05) is 23.7 Å². The van der Waals surface area contributed by atoms with E-state index in [0.717, 1.165) is 42.8 Å². The molecule has 3 rings (SSSR count). The first-order valence-corrected chi connectivity index (χ1v) is 8.13.